The summed E-state index contributed by atoms with van der Waals surface area (Å²) in [6.45, 7) is 2.12. The van der Waals surface area contributed by atoms with Crippen LogP contribution in [0.25, 0.3) is 21.8 Å². The molecule has 0 atom stereocenters. The van der Waals surface area contributed by atoms with Crippen molar-refractivity contribution in [2.45, 2.75) is 13.0 Å². The zero-order valence-corrected chi connectivity index (χ0v) is 12.5. The molecule has 4 rings (SSSR count). The summed E-state index contributed by atoms with van der Waals surface area (Å²) in [5.74, 6) is 0. The second kappa shape index (κ2) is 5.70. The van der Waals surface area contributed by atoms with Crippen molar-refractivity contribution in [3.05, 3.63) is 72.1 Å². The standard InChI is InChI=1S/C19H19N3/c1-3-7-18-16(5-1)14(12-21-18)9-10-20-11-15-13-22-19-8-4-2-6-17(15)19/h1-8,12-13,20-22H,9-11H2/p+1. The summed E-state index contributed by atoms with van der Waals surface area (Å²) < 4.78 is 0. The van der Waals surface area contributed by atoms with Gasteiger partial charge in [0.2, 0.25) is 0 Å². The maximum Gasteiger partial charge on any atom is 0.103 e. The summed E-state index contributed by atoms with van der Waals surface area (Å²) in [5.41, 5.74) is 5.25. The summed E-state index contributed by atoms with van der Waals surface area (Å²) in [6.07, 6.45) is 5.36. The first-order valence-corrected chi connectivity index (χ1v) is 7.83. The summed E-state index contributed by atoms with van der Waals surface area (Å²) >= 11 is 0. The number of fused-ring (bicyclic) bond motifs is 2. The Hall–Kier alpha value is -2.52. The van der Waals surface area contributed by atoms with Crippen LogP contribution in [-0.4, -0.2) is 16.5 Å². The van der Waals surface area contributed by atoms with Gasteiger partial charge in [0, 0.05) is 46.2 Å². The number of hydrogen-bond donors (Lipinski definition) is 3. The van der Waals surface area contributed by atoms with Crippen LogP contribution in [0.3, 0.4) is 0 Å². The van der Waals surface area contributed by atoms with E-state index in [9.17, 15) is 0 Å². The summed E-state index contributed by atoms with van der Waals surface area (Å²) in [5, 5.41) is 5.08. The summed E-state index contributed by atoms with van der Waals surface area (Å²) in [4.78, 5) is 6.69. The van der Waals surface area contributed by atoms with Gasteiger partial charge in [-0.1, -0.05) is 36.4 Å². The lowest BCUT2D eigenvalue weighted by molar-refractivity contribution is -0.669. The molecule has 2 heterocycles. The van der Waals surface area contributed by atoms with E-state index in [2.05, 4.69) is 76.2 Å². The number of nitrogens with one attached hydrogen (secondary N) is 2. The second-order valence-electron chi connectivity index (χ2n) is 5.75. The molecular weight excluding hydrogens is 270 g/mol. The number of para-hydroxylation sites is 2. The fraction of sp³-hybridized carbons (Fsp3) is 0.158. The number of hydrogen-bond acceptors (Lipinski definition) is 0. The van der Waals surface area contributed by atoms with E-state index in [1.54, 1.807) is 0 Å². The lowest BCUT2D eigenvalue weighted by Crippen LogP contribution is -2.83. The molecule has 0 aliphatic rings. The lowest BCUT2D eigenvalue weighted by Gasteiger charge is -2.01. The third-order valence-electron chi connectivity index (χ3n) is 4.33. The number of aromatic nitrogens is 2. The Labute approximate surface area is 129 Å². The number of aromatic amines is 2. The average Bonchev–Trinajstić information content (AvgIpc) is 3.16. The summed E-state index contributed by atoms with van der Waals surface area (Å²) in [6, 6.07) is 17.0. The molecule has 0 fully saturated rings. The topological polar surface area (TPSA) is 48.2 Å². The van der Waals surface area contributed by atoms with Crippen LogP contribution in [0.15, 0.2) is 60.9 Å². The van der Waals surface area contributed by atoms with Gasteiger partial charge in [-0.3, -0.25) is 0 Å². The number of benzene rings is 2. The minimum atomic E-state index is 1.02. The van der Waals surface area contributed by atoms with Crippen LogP contribution >= 0.6 is 0 Å². The monoisotopic (exact) mass is 290 g/mol. The van der Waals surface area contributed by atoms with Gasteiger partial charge in [-0.2, -0.15) is 0 Å². The minimum absolute atomic E-state index is 1.02. The van der Waals surface area contributed by atoms with Gasteiger partial charge in [-0.15, -0.1) is 0 Å². The van der Waals surface area contributed by atoms with Gasteiger partial charge in [-0.05, 0) is 17.7 Å². The molecule has 0 saturated carbocycles. The Morgan fingerprint density at radius 2 is 1.32 bits per heavy atom. The Kier molecular flexibility index (Phi) is 3.41. The molecular formula is C19H20N3+. The van der Waals surface area contributed by atoms with Crippen molar-refractivity contribution >= 4 is 21.8 Å². The van der Waals surface area contributed by atoms with Gasteiger partial charge in [-0.25, -0.2) is 0 Å². The van der Waals surface area contributed by atoms with Crippen molar-refractivity contribution in [3.63, 3.8) is 0 Å². The molecule has 0 amide bonds. The molecule has 0 saturated heterocycles. The van der Waals surface area contributed by atoms with E-state index >= 15 is 0 Å². The molecule has 4 N–H and O–H groups in total. The average molecular weight is 290 g/mol. The maximum absolute atomic E-state index is 3.35. The Morgan fingerprint density at radius 1 is 0.727 bits per heavy atom. The molecule has 22 heavy (non-hydrogen) atoms. The molecule has 4 aromatic rings. The first kappa shape index (κ1) is 13.2. The third-order valence-corrected chi connectivity index (χ3v) is 4.33. The Bertz CT molecular complexity index is 825. The molecule has 3 nitrogen and oxygen atoms in total. The van der Waals surface area contributed by atoms with Gasteiger partial charge in [0.25, 0.3) is 0 Å². The fourth-order valence-electron chi connectivity index (χ4n) is 3.15. The zero-order chi connectivity index (χ0) is 14.8. The van der Waals surface area contributed by atoms with Gasteiger partial charge in [0.15, 0.2) is 0 Å². The number of rotatable bonds is 5. The first-order valence-electron chi connectivity index (χ1n) is 7.83. The van der Waals surface area contributed by atoms with Gasteiger partial charge in [0.05, 0.1) is 6.54 Å². The van der Waals surface area contributed by atoms with Crippen LogP contribution in [0.4, 0.5) is 0 Å². The molecule has 2 aromatic carbocycles. The molecule has 3 heteroatoms. The SMILES string of the molecule is c1ccc2c(CC[NH2+]Cc3c[nH]c4ccccc34)c[nH]c2c1. The van der Waals surface area contributed by atoms with E-state index in [0.29, 0.717) is 0 Å². The van der Waals surface area contributed by atoms with Crippen molar-refractivity contribution in [1.82, 2.24) is 9.97 Å². The molecule has 2 aromatic heterocycles. The van der Waals surface area contributed by atoms with E-state index in [1.165, 1.54) is 32.9 Å². The Morgan fingerprint density at radius 3 is 2.05 bits per heavy atom. The maximum atomic E-state index is 3.35. The summed E-state index contributed by atoms with van der Waals surface area (Å²) in [7, 11) is 0. The molecule has 0 bridgehead atoms. The molecule has 0 spiro atoms. The molecule has 0 unspecified atom stereocenters. The van der Waals surface area contributed by atoms with Crippen LogP contribution in [0.2, 0.25) is 0 Å². The van der Waals surface area contributed by atoms with Crippen LogP contribution < -0.4 is 5.32 Å². The van der Waals surface area contributed by atoms with Crippen molar-refractivity contribution < 1.29 is 5.32 Å². The van der Waals surface area contributed by atoms with Crippen molar-refractivity contribution in [2.75, 3.05) is 6.54 Å². The van der Waals surface area contributed by atoms with E-state index in [0.717, 1.165) is 19.5 Å². The molecule has 110 valence electrons. The van der Waals surface area contributed by atoms with Crippen LogP contribution in [0, 0.1) is 0 Å². The normalized spacial score (nSPS) is 11.5. The van der Waals surface area contributed by atoms with Gasteiger partial charge in [0.1, 0.15) is 6.54 Å². The van der Waals surface area contributed by atoms with Crippen molar-refractivity contribution in [2.24, 2.45) is 0 Å². The fourth-order valence-corrected chi connectivity index (χ4v) is 3.15. The minimum Gasteiger partial charge on any atom is -0.361 e. The van der Waals surface area contributed by atoms with Crippen molar-refractivity contribution in [1.29, 1.82) is 0 Å². The third kappa shape index (κ3) is 2.40. The second-order valence-corrected chi connectivity index (χ2v) is 5.75. The Balaban J connectivity index is 1.39. The largest absolute Gasteiger partial charge is 0.361 e. The molecule has 0 aliphatic carbocycles. The highest BCUT2D eigenvalue weighted by Crippen LogP contribution is 2.18. The molecule has 0 radical (unpaired) electrons. The smallest absolute Gasteiger partial charge is 0.103 e. The van der Waals surface area contributed by atoms with Crippen molar-refractivity contribution in [3.8, 4) is 0 Å². The number of nitrogens with two attached hydrogens (primary N) is 1. The van der Waals surface area contributed by atoms with Crippen LogP contribution in [0.5, 0.6) is 0 Å². The van der Waals surface area contributed by atoms with E-state index in [1.807, 2.05) is 0 Å². The van der Waals surface area contributed by atoms with Crippen LogP contribution in [-0.2, 0) is 13.0 Å². The highest BCUT2D eigenvalue weighted by Gasteiger charge is 2.06. The quantitative estimate of drug-likeness (QED) is 0.473. The van der Waals surface area contributed by atoms with E-state index in [4.69, 9.17) is 0 Å². The lowest BCUT2D eigenvalue weighted by atomic mass is 10.1. The number of H-pyrrole nitrogens is 2. The number of quaternary nitrogens is 1. The van der Waals surface area contributed by atoms with Gasteiger partial charge >= 0.3 is 0 Å². The predicted molar refractivity (Wildman–Crippen MR) is 90.8 cm³/mol. The first-order chi connectivity index (χ1) is 10.9. The predicted octanol–water partition coefficient (Wildman–Crippen LogP) is 2.96. The van der Waals surface area contributed by atoms with E-state index in [-0.39, 0.29) is 0 Å². The zero-order valence-electron chi connectivity index (χ0n) is 12.5. The van der Waals surface area contributed by atoms with Crippen LogP contribution in [0.1, 0.15) is 11.1 Å². The van der Waals surface area contributed by atoms with E-state index < -0.39 is 0 Å². The highest BCUT2D eigenvalue weighted by atomic mass is 14.9. The molecule has 0 aliphatic heterocycles. The van der Waals surface area contributed by atoms with Gasteiger partial charge < -0.3 is 15.3 Å². The highest BCUT2D eigenvalue weighted by molar-refractivity contribution is 5.83.